The predicted molar refractivity (Wildman–Crippen MR) is 80.3 cm³/mol. The normalized spacial score (nSPS) is 11.8. The minimum atomic E-state index is -3.88. The average Bonchev–Trinajstić information content (AvgIpc) is 2.82. The van der Waals surface area contributed by atoms with Crippen LogP contribution >= 0.6 is 27.3 Å². The number of hydrogen-bond acceptors (Lipinski definition) is 4. The van der Waals surface area contributed by atoms with E-state index >= 15 is 0 Å². The van der Waals surface area contributed by atoms with Crippen LogP contribution in [0.1, 0.15) is 10.4 Å². The molecule has 0 unspecified atom stereocenters. The van der Waals surface area contributed by atoms with E-state index in [9.17, 15) is 12.8 Å². The highest BCUT2D eigenvalue weighted by molar-refractivity contribution is 9.10. The van der Waals surface area contributed by atoms with E-state index in [1.807, 2.05) is 5.38 Å². The van der Waals surface area contributed by atoms with Crippen LogP contribution in [0.3, 0.4) is 0 Å². The molecule has 0 amide bonds. The summed E-state index contributed by atoms with van der Waals surface area (Å²) in [5.41, 5.74) is 5.93. The highest BCUT2D eigenvalue weighted by atomic mass is 79.9. The van der Waals surface area contributed by atoms with Crippen molar-refractivity contribution in [2.75, 3.05) is 0 Å². The van der Waals surface area contributed by atoms with E-state index in [0.29, 0.717) is 5.56 Å². The summed E-state index contributed by atoms with van der Waals surface area (Å²) in [6.45, 7) is 0.282. The highest BCUT2D eigenvalue weighted by Crippen LogP contribution is 2.21. The van der Waals surface area contributed by atoms with Gasteiger partial charge in [-0.1, -0.05) is 6.07 Å². The Labute approximate surface area is 129 Å². The molecule has 1 heterocycles. The molecule has 0 atom stereocenters. The zero-order valence-corrected chi connectivity index (χ0v) is 13.5. The summed E-state index contributed by atoms with van der Waals surface area (Å²) in [4.78, 5) is 0.463. The Bertz CT molecular complexity index is 716. The molecule has 0 aliphatic rings. The standard InChI is InChI=1S/C12H12BrFN2O2S2/c13-9-4-10(19-7-9)6-16-20(17,18)12-2-1-8(5-15)3-11(12)14/h1-4,7,16H,5-6,15H2. The highest BCUT2D eigenvalue weighted by Gasteiger charge is 2.19. The summed E-state index contributed by atoms with van der Waals surface area (Å²) in [5.74, 6) is -0.798. The summed E-state index contributed by atoms with van der Waals surface area (Å²) in [6, 6.07) is 5.67. The average molecular weight is 379 g/mol. The lowest BCUT2D eigenvalue weighted by Gasteiger charge is -2.07. The van der Waals surface area contributed by atoms with E-state index in [4.69, 9.17) is 5.73 Å². The van der Waals surface area contributed by atoms with Crippen LogP contribution in [0.15, 0.2) is 39.0 Å². The Morgan fingerprint density at radius 3 is 2.65 bits per heavy atom. The van der Waals surface area contributed by atoms with Crippen molar-refractivity contribution in [3.05, 3.63) is 50.4 Å². The van der Waals surface area contributed by atoms with Gasteiger partial charge in [-0.15, -0.1) is 11.3 Å². The molecule has 0 aliphatic heterocycles. The number of benzene rings is 1. The third-order valence-corrected chi connectivity index (χ3v) is 5.71. The molecule has 0 saturated carbocycles. The first kappa shape index (κ1) is 15.6. The number of hydrogen-bond donors (Lipinski definition) is 2. The monoisotopic (exact) mass is 378 g/mol. The molecule has 0 saturated heterocycles. The van der Waals surface area contributed by atoms with Gasteiger partial charge in [0.25, 0.3) is 0 Å². The fourth-order valence-electron chi connectivity index (χ4n) is 1.58. The maximum atomic E-state index is 13.8. The fraction of sp³-hybridized carbons (Fsp3) is 0.167. The van der Waals surface area contributed by atoms with Gasteiger partial charge in [-0.05, 0) is 39.7 Å². The van der Waals surface area contributed by atoms with E-state index in [1.165, 1.54) is 23.5 Å². The maximum absolute atomic E-state index is 13.8. The molecule has 0 aliphatic carbocycles. The van der Waals surface area contributed by atoms with Gasteiger partial charge in [-0.2, -0.15) is 0 Å². The van der Waals surface area contributed by atoms with Crippen molar-refractivity contribution in [1.82, 2.24) is 4.72 Å². The number of nitrogens with one attached hydrogen (secondary N) is 1. The van der Waals surface area contributed by atoms with Gasteiger partial charge in [-0.25, -0.2) is 17.5 Å². The van der Waals surface area contributed by atoms with Crippen LogP contribution in [-0.4, -0.2) is 8.42 Å². The van der Waals surface area contributed by atoms with E-state index in [0.717, 1.165) is 15.4 Å². The molecule has 108 valence electrons. The second-order valence-electron chi connectivity index (χ2n) is 4.02. The minimum Gasteiger partial charge on any atom is -0.326 e. The van der Waals surface area contributed by atoms with Crippen molar-refractivity contribution in [3.63, 3.8) is 0 Å². The van der Waals surface area contributed by atoms with Crippen molar-refractivity contribution in [2.24, 2.45) is 5.73 Å². The summed E-state index contributed by atoms with van der Waals surface area (Å²) in [5, 5.41) is 1.85. The summed E-state index contributed by atoms with van der Waals surface area (Å²) in [6.07, 6.45) is 0. The van der Waals surface area contributed by atoms with Crippen LogP contribution < -0.4 is 10.5 Å². The van der Waals surface area contributed by atoms with Crippen LogP contribution in [0.2, 0.25) is 0 Å². The third-order valence-electron chi connectivity index (χ3n) is 2.58. The first-order chi connectivity index (χ1) is 9.42. The molecule has 0 fully saturated rings. The SMILES string of the molecule is NCc1ccc(S(=O)(=O)NCc2cc(Br)cs2)c(F)c1. The first-order valence-corrected chi connectivity index (χ1v) is 8.79. The van der Waals surface area contributed by atoms with Crippen molar-refractivity contribution in [2.45, 2.75) is 18.0 Å². The second kappa shape index (κ2) is 6.31. The van der Waals surface area contributed by atoms with Crippen molar-refractivity contribution < 1.29 is 12.8 Å². The molecule has 1 aromatic heterocycles. The van der Waals surface area contributed by atoms with Crippen LogP contribution in [0.4, 0.5) is 4.39 Å². The topological polar surface area (TPSA) is 72.2 Å². The van der Waals surface area contributed by atoms with Crippen LogP contribution in [0, 0.1) is 5.82 Å². The van der Waals surface area contributed by atoms with Gasteiger partial charge in [-0.3, -0.25) is 0 Å². The van der Waals surface area contributed by atoms with Gasteiger partial charge in [0, 0.05) is 27.8 Å². The number of thiophene rings is 1. The molecule has 2 aromatic rings. The molecule has 20 heavy (non-hydrogen) atoms. The number of nitrogens with two attached hydrogens (primary N) is 1. The molecule has 0 spiro atoms. The number of rotatable bonds is 5. The summed E-state index contributed by atoms with van der Waals surface area (Å²) in [7, 11) is -3.88. The third kappa shape index (κ3) is 3.64. The molecule has 1 aromatic carbocycles. The smallest absolute Gasteiger partial charge is 0.243 e. The van der Waals surface area contributed by atoms with Crippen LogP contribution in [-0.2, 0) is 23.1 Å². The molecule has 3 N–H and O–H groups in total. The fourth-order valence-corrected chi connectivity index (χ4v) is 4.13. The molecule has 2 rings (SSSR count). The Morgan fingerprint density at radius 2 is 2.10 bits per heavy atom. The van der Waals surface area contributed by atoms with Crippen molar-refractivity contribution in [3.8, 4) is 0 Å². The van der Waals surface area contributed by atoms with Crippen LogP contribution in [0.5, 0.6) is 0 Å². The van der Waals surface area contributed by atoms with Crippen molar-refractivity contribution in [1.29, 1.82) is 0 Å². The molecule has 0 bridgehead atoms. The quantitative estimate of drug-likeness (QED) is 0.839. The van der Waals surface area contributed by atoms with Gasteiger partial charge < -0.3 is 5.73 Å². The molecule has 4 nitrogen and oxygen atoms in total. The molecular weight excluding hydrogens is 367 g/mol. The zero-order chi connectivity index (χ0) is 14.8. The lowest BCUT2D eigenvalue weighted by Crippen LogP contribution is -2.24. The zero-order valence-electron chi connectivity index (χ0n) is 10.3. The van der Waals surface area contributed by atoms with E-state index < -0.39 is 15.8 Å². The molecule has 0 radical (unpaired) electrons. The summed E-state index contributed by atoms with van der Waals surface area (Å²) >= 11 is 4.70. The van der Waals surface area contributed by atoms with Gasteiger partial charge in [0.15, 0.2) is 0 Å². The second-order valence-corrected chi connectivity index (χ2v) is 7.67. The van der Waals surface area contributed by atoms with E-state index in [1.54, 1.807) is 6.07 Å². The minimum absolute atomic E-state index is 0.122. The van der Waals surface area contributed by atoms with E-state index in [-0.39, 0.29) is 18.0 Å². The Balaban J connectivity index is 2.18. The first-order valence-electron chi connectivity index (χ1n) is 5.63. The lowest BCUT2D eigenvalue weighted by atomic mass is 10.2. The van der Waals surface area contributed by atoms with Crippen molar-refractivity contribution >= 4 is 37.3 Å². The summed E-state index contributed by atoms with van der Waals surface area (Å²) < 4.78 is 41.1. The lowest BCUT2D eigenvalue weighted by molar-refractivity contribution is 0.556. The number of sulfonamides is 1. The Morgan fingerprint density at radius 1 is 1.35 bits per heavy atom. The Hall–Kier alpha value is -0.800. The molecular formula is C12H12BrFN2O2S2. The largest absolute Gasteiger partial charge is 0.326 e. The van der Waals surface area contributed by atoms with Gasteiger partial charge >= 0.3 is 0 Å². The predicted octanol–water partition coefficient (Wildman–Crippen LogP) is 2.59. The van der Waals surface area contributed by atoms with E-state index in [2.05, 4.69) is 20.7 Å². The van der Waals surface area contributed by atoms with Crippen LogP contribution in [0.25, 0.3) is 0 Å². The maximum Gasteiger partial charge on any atom is 0.243 e. The number of halogens is 2. The van der Waals surface area contributed by atoms with Gasteiger partial charge in [0.2, 0.25) is 10.0 Å². The van der Waals surface area contributed by atoms with Gasteiger partial charge in [0.1, 0.15) is 10.7 Å². The Kier molecular flexibility index (Phi) is 4.92. The molecule has 8 heteroatoms. The van der Waals surface area contributed by atoms with Gasteiger partial charge in [0.05, 0.1) is 0 Å².